The molecule has 4 heteroatoms. The molecule has 0 saturated carbocycles. The van der Waals surface area contributed by atoms with Crippen molar-refractivity contribution in [3.05, 3.63) is 18.5 Å². The SMILES string of the molecule is CN1CCC(CNc2ccncc2N)CC1. The van der Waals surface area contributed by atoms with Crippen LogP contribution >= 0.6 is 0 Å². The second kappa shape index (κ2) is 5.16. The Hall–Kier alpha value is -1.29. The average Bonchev–Trinajstić information content (AvgIpc) is 2.30. The van der Waals surface area contributed by atoms with Gasteiger partial charge in [-0.05, 0) is 45.0 Å². The van der Waals surface area contributed by atoms with E-state index in [1.807, 2.05) is 6.07 Å². The van der Waals surface area contributed by atoms with E-state index in [4.69, 9.17) is 5.73 Å². The molecule has 1 aromatic heterocycles. The van der Waals surface area contributed by atoms with E-state index >= 15 is 0 Å². The number of hydrogen-bond acceptors (Lipinski definition) is 4. The number of nitrogens with zero attached hydrogens (tertiary/aromatic N) is 2. The van der Waals surface area contributed by atoms with Gasteiger partial charge in [-0.2, -0.15) is 0 Å². The van der Waals surface area contributed by atoms with Gasteiger partial charge >= 0.3 is 0 Å². The number of likely N-dealkylation sites (tertiary alicyclic amines) is 1. The van der Waals surface area contributed by atoms with E-state index in [0.29, 0.717) is 0 Å². The molecule has 0 bridgehead atoms. The molecular weight excluding hydrogens is 200 g/mol. The van der Waals surface area contributed by atoms with E-state index in [1.165, 1.54) is 25.9 Å². The van der Waals surface area contributed by atoms with Crippen molar-refractivity contribution in [2.45, 2.75) is 12.8 Å². The number of aromatic nitrogens is 1. The number of nitrogen functional groups attached to an aromatic ring is 1. The second-order valence-corrected chi connectivity index (χ2v) is 4.59. The van der Waals surface area contributed by atoms with Crippen molar-refractivity contribution in [1.82, 2.24) is 9.88 Å². The third-order valence-electron chi connectivity index (χ3n) is 3.27. The lowest BCUT2D eigenvalue weighted by molar-refractivity contribution is 0.226. The zero-order chi connectivity index (χ0) is 11.4. The Kier molecular flexibility index (Phi) is 3.62. The largest absolute Gasteiger partial charge is 0.396 e. The Morgan fingerprint density at radius 2 is 2.25 bits per heavy atom. The van der Waals surface area contributed by atoms with Gasteiger partial charge in [0.1, 0.15) is 0 Å². The van der Waals surface area contributed by atoms with Gasteiger partial charge in [0, 0.05) is 12.7 Å². The topological polar surface area (TPSA) is 54.2 Å². The summed E-state index contributed by atoms with van der Waals surface area (Å²) in [5, 5.41) is 3.41. The molecule has 1 aliphatic rings. The van der Waals surface area contributed by atoms with Gasteiger partial charge < -0.3 is 16.0 Å². The zero-order valence-electron chi connectivity index (χ0n) is 9.82. The molecule has 88 valence electrons. The fraction of sp³-hybridized carbons (Fsp3) is 0.583. The molecule has 2 rings (SSSR count). The summed E-state index contributed by atoms with van der Waals surface area (Å²) in [6.45, 7) is 3.43. The summed E-state index contributed by atoms with van der Waals surface area (Å²) < 4.78 is 0. The average molecular weight is 220 g/mol. The minimum Gasteiger partial charge on any atom is -0.396 e. The minimum absolute atomic E-state index is 0.732. The molecule has 0 aliphatic carbocycles. The predicted octanol–water partition coefficient (Wildman–Crippen LogP) is 1.42. The lowest BCUT2D eigenvalue weighted by Crippen LogP contribution is -2.33. The van der Waals surface area contributed by atoms with Crippen molar-refractivity contribution in [1.29, 1.82) is 0 Å². The van der Waals surface area contributed by atoms with Gasteiger partial charge in [0.25, 0.3) is 0 Å². The number of piperidine rings is 1. The number of nitrogens with two attached hydrogens (primary N) is 1. The van der Waals surface area contributed by atoms with Crippen LogP contribution in [0.25, 0.3) is 0 Å². The highest BCUT2D eigenvalue weighted by atomic mass is 15.1. The van der Waals surface area contributed by atoms with Gasteiger partial charge in [-0.3, -0.25) is 4.98 Å². The maximum atomic E-state index is 5.82. The molecular formula is C12H20N4. The van der Waals surface area contributed by atoms with Crippen LogP contribution in [0.3, 0.4) is 0 Å². The molecule has 0 spiro atoms. The first-order valence-corrected chi connectivity index (χ1v) is 5.87. The molecule has 0 unspecified atom stereocenters. The lowest BCUT2D eigenvalue weighted by Gasteiger charge is -2.29. The van der Waals surface area contributed by atoms with Crippen LogP contribution in [0, 0.1) is 5.92 Å². The normalized spacial score (nSPS) is 18.6. The summed E-state index contributed by atoms with van der Waals surface area (Å²) in [6, 6.07) is 1.93. The molecule has 1 aliphatic heterocycles. The van der Waals surface area contributed by atoms with Crippen LogP contribution < -0.4 is 11.1 Å². The van der Waals surface area contributed by atoms with Crippen molar-refractivity contribution in [3.63, 3.8) is 0 Å². The maximum absolute atomic E-state index is 5.82. The van der Waals surface area contributed by atoms with Gasteiger partial charge in [-0.15, -0.1) is 0 Å². The zero-order valence-corrected chi connectivity index (χ0v) is 9.82. The minimum atomic E-state index is 0.732. The molecule has 3 N–H and O–H groups in total. The third-order valence-corrected chi connectivity index (χ3v) is 3.27. The van der Waals surface area contributed by atoms with Crippen molar-refractivity contribution < 1.29 is 0 Å². The number of rotatable bonds is 3. The summed E-state index contributed by atoms with van der Waals surface area (Å²) in [5.41, 5.74) is 7.57. The molecule has 0 radical (unpaired) electrons. The number of pyridine rings is 1. The van der Waals surface area contributed by atoms with Crippen LogP contribution in [-0.4, -0.2) is 36.6 Å². The Labute approximate surface area is 96.8 Å². The smallest absolute Gasteiger partial charge is 0.0736 e. The summed E-state index contributed by atoms with van der Waals surface area (Å²) in [6.07, 6.45) is 6.01. The Morgan fingerprint density at radius 1 is 1.50 bits per heavy atom. The highest BCUT2D eigenvalue weighted by Crippen LogP contribution is 2.19. The molecule has 0 atom stereocenters. The quantitative estimate of drug-likeness (QED) is 0.809. The van der Waals surface area contributed by atoms with E-state index in [0.717, 1.165) is 23.8 Å². The molecule has 0 amide bonds. The van der Waals surface area contributed by atoms with Gasteiger partial charge in [0.2, 0.25) is 0 Å². The van der Waals surface area contributed by atoms with Gasteiger partial charge in [-0.25, -0.2) is 0 Å². The van der Waals surface area contributed by atoms with E-state index < -0.39 is 0 Å². The standard InChI is InChI=1S/C12H20N4/c1-16-6-3-10(4-7-16)8-15-12-2-5-14-9-11(12)13/h2,5,9-10H,3-4,6-8,13H2,1H3,(H,14,15). The van der Waals surface area contributed by atoms with E-state index in [-0.39, 0.29) is 0 Å². The van der Waals surface area contributed by atoms with Gasteiger partial charge in [0.15, 0.2) is 0 Å². The van der Waals surface area contributed by atoms with Crippen molar-refractivity contribution >= 4 is 11.4 Å². The van der Waals surface area contributed by atoms with E-state index in [9.17, 15) is 0 Å². The van der Waals surface area contributed by atoms with Gasteiger partial charge in [0.05, 0.1) is 17.6 Å². The van der Waals surface area contributed by atoms with Crippen LogP contribution in [0.5, 0.6) is 0 Å². The number of hydrogen-bond donors (Lipinski definition) is 2. The molecule has 0 aromatic carbocycles. The Morgan fingerprint density at radius 3 is 2.94 bits per heavy atom. The fourth-order valence-electron chi connectivity index (χ4n) is 2.09. The first kappa shape index (κ1) is 11.2. The van der Waals surface area contributed by atoms with E-state index in [1.54, 1.807) is 12.4 Å². The summed E-state index contributed by atoms with van der Waals surface area (Å²) in [7, 11) is 2.19. The number of anilines is 2. The van der Waals surface area contributed by atoms with Gasteiger partial charge in [-0.1, -0.05) is 0 Å². The predicted molar refractivity (Wildman–Crippen MR) is 67.4 cm³/mol. The Balaban J connectivity index is 1.81. The highest BCUT2D eigenvalue weighted by Gasteiger charge is 2.16. The molecule has 2 heterocycles. The van der Waals surface area contributed by atoms with Crippen LogP contribution in [0.1, 0.15) is 12.8 Å². The monoisotopic (exact) mass is 220 g/mol. The summed E-state index contributed by atoms with van der Waals surface area (Å²) in [5.74, 6) is 0.767. The molecule has 4 nitrogen and oxygen atoms in total. The number of nitrogens with one attached hydrogen (secondary N) is 1. The molecule has 16 heavy (non-hydrogen) atoms. The molecule has 1 saturated heterocycles. The molecule has 1 fully saturated rings. The fourth-order valence-corrected chi connectivity index (χ4v) is 2.09. The second-order valence-electron chi connectivity index (χ2n) is 4.59. The van der Waals surface area contributed by atoms with Crippen LogP contribution in [0.2, 0.25) is 0 Å². The van der Waals surface area contributed by atoms with Crippen molar-refractivity contribution in [2.24, 2.45) is 5.92 Å². The maximum Gasteiger partial charge on any atom is 0.0736 e. The van der Waals surface area contributed by atoms with Crippen LogP contribution in [0.15, 0.2) is 18.5 Å². The van der Waals surface area contributed by atoms with Crippen LogP contribution in [0.4, 0.5) is 11.4 Å². The van der Waals surface area contributed by atoms with E-state index in [2.05, 4.69) is 22.2 Å². The Bertz CT molecular complexity index is 332. The van der Waals surface area contributed by atoms with Crippen molar-refractivity contribution in [2.75, 3.05) is 37.7 Å². The highest BCUT2D eigenvalue weighted by molar-refractivity contribution is 5.64. The first-order valence-electron chi connectivity index (χ1n) is 5.87. The lowest BCUT2D eigenvalue weighted by atomic mass is 9.97. The van der Waals surface area contributed by atoms with Crippen LogP contribution in [-0.2, 0) is 0 Å². The first-order chi connectivity index (χ1) is 7.75. The summed E-state index contributed by atoms with van der Waals surface area (Å²) >= 11 is 0. The summed E-state index contributed by atoms with van der Waals surface area (Å²) in [4.78, 5) is 6.36. The third kappa shape index (κ3) is 2.85. The molecule has 1 aromatic rings. The van der Waals surface area contributed by atoms with Crippen molar-refractivity contribution in [3.8, 4) is 0 Å².